The summed E-state index contributed by atoms with van der Waals surface area (Å²) in [5.41, 5.74) is 6.55. The van der Waals surface area contributed by atoms with Crippen molar-refractivity contribution in [3.63, 3.8) is 0 Å². The molecule has 0 radical (unpaired) electrons. The Kier molecular flexibility index (Phi) is 13.2. The number of aliphatic hydroxyl groups excluding tert-OH is 1. The lowest BCUT2D eigenvalue weighted by Gasteiger charge is -2.49. The average Bonchev–Trinajstić information content (AvgIpc) is 3.69. The summed E-state index contributed by atoms with van der Waals surface area (Å²) in [6.45, 7) is 8.63. The SMILES string of the molecule is CCO[C@@H]1OC(C(=O)N2CCc3cc(OC)c(OC)cc3[C@H]2C[C@H]2C[C@H]3c4cc(OC)c(OC)cc4CCN3C[C@@H]2CC)=C[C@H](c2cn(C(C)=O)c3ccccc23)[C@H]1CCCO. The topological polar surface area (TPSA) is 121 Å². The highest BCUT2D eigenvalue weighted by Crippen LogP contribution is 2.50. The van der Waals surface area contributed by atoms with Crippen LogP contribution in [0.2, 0.25) is 0 Å². The van der Waals surface area contributed by atoms with Gasteiger partial charge in [-0.05, 0) is 122 Å². The molecule has 1 saturated heterocycles. The van der Waals surface area contributed by atoms with E-state index in [4.69, 9.17) is 28.4 Å². The van der Waals surface area contributed by atoms with E-state index in [1.54, 1.807) is 39.9 Å². The molecule has 332 valence electrons. The first-order valence-corrected chi connectivity index (χ1v) is 22.4. The maximum atomic E-state index is 15.5. The number of carbonyl (C=O) groups is 2. The van der Waals surface area contributed by atoms with Crippen LogP contribution < -0.4 is 18.9 Å². The van der Waals surface area contributed by atoms with Crippen LogP contribution in [0.15, 0.2) is 66.6 Å². The van der Waals surface area contributed by atoms with E-state index in [0.717, 1.165) is 77.9 Å². The third-order valence-electron chi connectivity index (χ3n) is 14.2. The number of ether oxygens (including phenoxy) is 6. The maximum Gasteiger partial charge on any atom is 0.289 e. The number of nitrogens with zero attached hydrogens (tertiary/aromatic N) is 3. The van der Waals surface area contributed by atoms with Crippen molar-refractivity contribution in [2.24, 2.45) is 17.8 Å². The molecule has 7 atom stereocenters. The second-order valence-corrected chi connectivity index (χ2v) is 17.3. The van der Waals surface area contributed by atoms with Gasteiger partial charge in [0, 0.05) is 69.2 Å². The third-order valence-corrected chi connectivity index (χ3v) is 14.2. The number of amides is 1. The number of allylic oxidation sites excluding steroid dienone is 1. The highest BCUT2D eigenvalue weighted by molar-refractivity contribution is 5.95. The molecule has 4 aromatic rings. The number of benzene rings is 3. The number of para-hydroxylation sites is 1. The van der Waals surface area contributed by atoms with Crippen molar-refractivity contribution < 1.29 is 43.1 Å². The minimum atomic E-state index is -0.740. The molecule has 3 aromatic carbocycles. The summed E-state index contributed by atoms with van der Waals surface area (Å²) >= 11 is 0. The Morgan fingerprint density at radius 1 is 0.839 bits per heavy atom. The first-order chi connectivity index (χ1) is 30.2. The molecule has 1 aromatic heterocycles. The summed E-state index contributed by atoms with van der Waals surface area (Å²) in [6, 6.07) is 16.3. The normalized spacial score (nSPS) is 24.6. The Morgan fingerprint density at radius 2 is 1.50 bits per heavy atom. The number of carbonyl (C=O) groups excluding carboxylic acids is 2. The molecule has 4 aliphatic rings. The molecule has 4 aliphatic heterocycles. The molecule has 1 amide bonds. The third kappa shape index (κ3) is 8.05. The summed E-state index contributed by atoms with van der Waals surface area (Å²) < 4.78 is 37.9. The van der Waals surface area contributed by atoms with Gasteiger partial charge in [0.2, 0.25) is 12.2 Å². The molecular weight excluding hydrogens is 787 g/mol. The van der Waals surface area contributed by atoms with Crippen LogP contribution in [0.4, 0.5) is 0 Å². The molecule has 0 unspecified atom stereocenters. The number of hydrogen-bond donors (Lipinski definition) is 1. The van der Waals surface area contributed by atoms with Gasteiger partial charge >= 0.3 is 0 Å². The molecule has 0 saturated carbocycles. The Balaban J connectivity index is 1.20. The van der Waals surface area contributed by atoms with Crippen LogP contribution in [0.5, 0.6) is 23.0 Å². The number of fused-ring (bicyclic) bond motifs is 5. The lowest BCUT2D eigenvalue weighted by Crippen LogP contribution is -2.48. The number of aromatic nitrogens is 1. The van der Waals surface area contributed by atoms with Crippen molar-refractivity contribution >= 4 is 22.7 Å². The van der Waals surface area contributed by atoms with E-state index in [-0.39, 0.29) is 48.1 Å². The average molecular weight is 850 g/mol. The monoisotopic (exact) mass is 849 g/mol. The Morgan fingerprint density at radius 3 is 2.16 bits per heavy atom. The Labute approximate surface area is 365 Å². The molecule has 1 fully saturated rings. The van der Waals surface area contributed by atoms with Gasteiger partial charge in [-0.15, -0.1) is 0 Å². The molecule has 0 spiro atoms. The fourth-order valence-electron chi connectivity index (χ4n) is 11.1. The van der Waals surface area contributed by atoms with E-state index in [1.807, 2.05) is 48.4 Å². The van der Waals surface area contributed by atoms with Crippen molar-refractivity contribution in [3.8, 4) is 23.0 Å². The molecule has 8 rings (SSSR count). The van der Waals surface area contributed by atoms with Crippen molar-refractivity contribution in [2.75, 3.05) is 61.3 Å². The second kappa shape index (κ2) is 18.7. The summed E-state index contributed by atoms with van der Waals surface area (Å²) in [6.07, 6.45) is 8.60. The number of rotatable bonds is 14. The van der Waals surface area contributed by atoms with E-state index < -0.39 is 6.29 Å². The molecule has 62 heavy (non-hydrogen) atoms. The zero-order valence-corrected chi connectivity index (χ0v) is 37.4. The highest BCUT2D eigenvalue weighted by atomic mass is 16.7. The number of aliphatic hydroxyl groups is 1. The minimum Gasteiger partial charge on any atom is -0.493 e. The standard InChI is InChI=1S/C50H63N3O9/c1-8-31-28-51-18-16-32-23-44(57-4)46(59-6)25-37(32)42(51)21-34(31)22-43-38-26-47(60-7)45(58-5)24-33(38)17-19-52(43)49(56)48-27-39(36(14-12-20-54)50(62-48)61-9-2)40-29-53(30(3)55)41-15-11-10-13-35(40)41/h10-11,13,15,23-27,29,31,34,36,39,42-43,50,54H,8-9,12,14,16-22,28H2,1-7H3/t31-,34+,36+,39-,42-,43+,50+/m0/s1. The van der Waals surface area contributed by atoms with Gasteiger partial charge in [-0.1, -0.05) is 31.5 Å². The van der Waals surface area contributed by atoms with Crippen LogP contribution in [0.25, 0.3) is 10.9 Å². The van der Waals surface area contributed by atoms with Gasteiger partial charge in [0.15, 0.2) is 28.8 Å². The van der Waals surface area contributed by atoms with Gasteiger partial charge in [-0.25, -0.2) is 0 Å². The smallest absolute Gasteiger partial charge is 0.289 e. The first-order valence-electron chi connectivity index (χ1n) is 22.4. The van der Waals surface area contributed by atoms with E-state index in [9.17, 15) is 9.90 Å². The van der Waals surface area contributed by atoms with Crippen molar-refractivity contribution in [2.45, 2.75) is 90.0 Å². The van der Waals surface area contributed by atoms with Gasteiger partial charge in [-0.2, -0.15) is 0 Å². The van der Waals surface area contributed by atoms with E-state index >= 15 is 4.79 Å². The molecule has 0 bridgehead atoms. The minimum absolute atomic E-state index is 0.0156. The fourth-order valence-corrected chi connectivity index (χ4v) is 11.1. The maximum absolute atomic E-state index is 15.5. The zero-order valence-electron chi connectivity index (χ0n) is 37.4. The zero-order chi connectivity index (χ0) is 43.7. The highest BCUT2D eigenvalue weighted by Gasteiger charge is 2.45. The largest absolute Gasteiger partial charge is 0.493 e. The van der Waals surface area contributed by atoms with Crippen LogP contribution in [-0.2, 0) is 27.1 Å². The number of piperidine rings is 1. The molecule has 12 nitrogen and oxygen atoms in total. The Bertz CT molecular complexity index is 2300. The molecule has 12 heteroatoms. The van der Waals surface area contributed by atoms with Gasteiger partial charge in [0.25, 0.3) is 5.91 Å². The number of methoxy groups -OCH3 is 4. The van der Waals surface area contributed by atoms with Crippen molar-refractivity contribution in [3.05, 3.63) is 94.4 Å². The van der Waals surface area contributed by atoms with E-state index in [0.29, 0.717) is 55.7 Å². The predicted octanol–water partition coefficient (Wildman–Crippen LogP) is 8.25. The molecular formula is C50H63N3O9. The van der Waals surface area contributed by atoms with E-state index in [1.165, 1.54) is 11.1 Å². The molecule has 0 aliphatic carbocycles. The van der Waals surface area contributed by atoms with Crippen LogP contribution in [-0.4, -0.2) is 98.9 Å². The van der Waals surface area contributed by atoms with Gasteiger partial charge < -0.3 is 38.4 Å². The Hall–Kier alpha value is -5.04. The summed E-state index contributed by atoms with van der Waals surface area (Å²) in [4.78, 5) is 33.1. The molecule has 5 heterocycles. The quantitative estimate of drug-likeness (QED) is 0.133. The van der Waals surface area contributed by atoms with Crippen molar-refractivity contribution in [1.29, 1.82) is 0 Å². The fraction of sp³-hybridized carbons (Fsp3) is 0.520. The number of hydrogen-bond acceptors (Lipinski definition) is 10. The van der Waals surface area contributed by atoms with Gasteiger partial charge in [0.1, 0.15) is 0 Å². The van der Waals surface area contributed by atoms with Crippen LogP contribution in [0.1, 0.15) is 103 Å². The molecule has 1 N–H and O–H groups in total. The van der Waals surface area contributed by atoms with Crippen LogP contribution >= 0.6 is 0 Å². The first kappa shape index (κ1) is 43.6. The summed E-state index contributed by atoms with van der Waals surface area (Å²) in [7, 11) is 6.70. The summed E-state index contributed by atoms with van der Waals surface area (Å²) in [5, 5.41) is 10.9. The van der Waals surface area contributed by atoms with Crippen molar-refractivity contribution in [1.82, 2.24) is 14.4 Å². The predicted molar refractivity (Wildman–Crippen MR) is 237 cm³/mol. The summed E-state index contributed by atoms with van der Waals surface area (Å²) in [5.74, 6) is 2.95. The lowest BCUT2D eigenvalue weighted by atomic mass is 9.72. The lowest BCUT2D eigenvalue weighted by molar-refractivity contribution is -0.171. The van der Waals surface area contributed by atoms with Crippen LogP contribution in [0.3, 0.4) is 0 Å². The second-order valence-electron chi connectivity index (χ2n) is 17.3. The van der Waals surface area contributed by atoms with Crippen LogP contribution in [0, 0.1) is 17.8 Å². The van der Waals surface area contributed by atoms with Gasteiger partial charge in [-0.3, -0.25) is 19.1 Å². The van der Waals surface area contributed by atoms with Gasteiger partial charge in [0.05, 0.1) is 40.0 Å². The van der Waals surface area contributed by atoms with E-state index in [2.05, 4.69) is 36.1 Å².